The number of allylic oxidation sites excluding steroid dienone is 4. The van der Waals surface area contributed by atoms with E-state index in [-0.39, 0.29) is 5.78 Å². The van der Waals surface area contributed by atoms with Crippen LogP contribution in [0.5, 0.6) is 0 Å². The molecule has 1 heteroatoms. The summed E-state index contributed by atoms with van der Waals surface area (Å²) in [5.41, 5.74) is 0. The van der Waals surface area contributed by atoms with Crippen LogP contribution in [0.1, 0.15) is 0 Å². The van der Waals surface area contributed by atoms with Crippen LogP contribution in [0.2, 0.25) is 0 Å². The van der Waals surface area contributed by atoms with Gasteiger partial charge in [0.15, 0.2) is 0 Å². The molecule has 0 N–H and O–H groups in total. The molecule has 1 nitrogen and oxygen atoms in total. The van der Waals surface area contributed by atoms with Crippen molar-refractivity contribution in [3.8, 4) is 0 Å². The van der Waals surface area contributed by atoms with E-state index in [4.69, 9.17) is 0 Å². The van der Waals surface area contributed by atoms with Gasteiger partial charge < -0.3 is 0 Å². The van der Waals surface area contributed by atoms with E-state index in [2.05, 4.69) is 0 Å². The zero-order chi connectivity index (χ0) is 5.11. The molecule has 1 rings (SSSR count). The summed E-state index contributed by atoms with van der Waals surface area (Å²) in [7, 11) is 0. The molecule has 0 spiro atoms. The van der Waals surface area contributed by atoms with Crippen LogP contribution < -0.4 is 0 Å². The first-order valence-corrected chi connectivity index (χ1v) is 2.11. The minimum absolute atomic E-state index is 0.0718. The van der Waals surface area contributed by atoms with Gasteiger partial charge in [-0.25, -0.2) is 0 Å². The number of carbonyl (C=O) groups excluding carboxylic acids is 1. The van der Waals surface area contributed by atoms with Crippen molar-refractivity contribution in [1.29, 1.82) is 0 Å². The molecule has 0 saturated heterocycles. The van der Waals surface area contributed by atoms with Gasteiger partial charge in [0.2, 0.25) is 0 Å². The van der Waals surface area contributed by atoms with Gasteiger partial charge in [0.05, 0.1) is 24.3 Å². The minimum Gasteiger partial charge on any atom is -0.258 e. The maximum Gasteiger partial charge on any atom is 0.284 e. The Bertz CT molecular complexity index is 117. The van der Waals surface area contributed by atoms with Crippen molar-refractivity contribution in [3.63, 3.8) is 0 Å². The molecule has 0 unspecified atom stereocenters. The second kappa shape index (κ2) is 1.65. The molecule has 0 aromatic heterocycles. The first-order valence-electron chi connectivity index (χ1n) is 2.11. The van der Waals surface area contributed by atoms with Gasteiger partial charge in [-0.15, -0.1) is 0 Å². The number of ketones is 1. The van der Waals surface area contributed by atoms with Crippen molar-refractivity contribution in [3.05, 3.63) is 30.7 Å². The number of hydrogen-bond acceptors (Lipinski definition) is 1. The van der Waals surface area contributed by atoms with Gasteiger partial charge in [-0.2, -0.15) is 0 Å². The first kappa shape index (κ1) is 4.19. The third-order valence-corrected chi connectivity index (χ3v) is 0.743. The Hall–Kier alpha value is -0.980. The molecule has 0 radical (unpaired) electrons. The lowest BCUT2D eigenvalue weighted by Gasteiger charge is -1.77. The predicted molar refractivity (Wildman–Crippen MR) is 27.6 cm³/mol. The standard InChI is InChI=1S/C6H5O/c7-6-4-2-1-3-5-6/h1-5H/q+1. The van der Waals surface area contributed by atoms with Crippen molar-refractivity contribution in [2.75, 3.05) is 0 Å². The Morgan fingerprint density at radius 1 is 1.29 bits per heavy atom. The lowest BCUT2D eigenvalue weighted by molar-refractivity contribution is -0.110. The predicted octanol–water partition coefficient (Wildman–Crippen LogP) is 0.886. The highest BCUT2D eigenvalue weighted by molar-refractivity contribution is 6.00. The normalized spacial score (nSPS) is 16.9. The van der Waals surface area contributed by atoms with Gasteiger partial charge in [0.1, 0.15) is 0 Å². The summed E-state index contributed by atoms with van der Waals surface area (Å²) in [6.07, 6.45) is 8.33. The van der Waals surface area contributed by atoms with Gasteiger partial charge >= 0.3 is 0 Å². The third-order valence-electron chi connectivity index (χ3n) is 0.743. The summed E-state index contributed by atoms with van der Waals surface area (Å²) in [5, 5.41) is 0. The fourth-order valence-corrected chi connectivity index (χ4v) is 0.420. The zero-order valence-corrected chi connectivity index (χ0v) is 3.79. The number of hydrogen-bond donors (Lipinski definition) is 0. The largest absolute Gasteiger partial charge is 0.284 e. The molecule has 34 valence electrons. The SMILES string of the molecule is O=C1C=C[CH+]C=C1. The van der Waals surface area contributed by atoms with E-state index in [1.54, 1.807) is 12.2 Å². The minimum atomic E-state index is 0.0718. The van der Waals surface area contributed by atoms with E-state index in [0.29, 0.717) is 0 Å². The second-order valence-electron chi connectivity index (χ2n) is 1.31. The third kappa shape index (κ3) is 0.929. The highest BCUT2D eigenvalue weighted by atomic mass is 16.1. The van der Waals surface area contributed by atoms with Crippen LogP contribution in [0.25, 0.3) is 0 Å². The summed E-state index contributed by atoms with van der Waals surface area (Å²) in [5.74, 6) is 0.0718. The summed E-state index contributed by atoms with van der Waals surface area (Å²) in [6, 6.07) is 0. The molecule has 0 aliphatic heterocycles. The van der Waals surface area contributed by atoms with Crippen LogP contribution in [0.4, 0.5) is 0 Å². The number of carbonyl (C=O) groups is 1. The van der Waals surface area contributed by atoms with Gasteiger partial charge in [0, 0.05) is 6.42 Å². The smallest absolute Gasteiger partial charge is 0.258 e. The van der Waals surface area contributed by atoms with Crippen LogP contribution >= 0.6 is 0 Å². The van der Waals surface area contributed by atoms with Crippen molar-refractivity contribution >= 4 is 5.78 Å². The highest BCUT2D eigenvalue weighted by Crippen LogP contribution is 1.92. The summed E-state index contributed by atoms with van der Waals surface area (Å²) in [6.45, 7) is 0. The molecule has 0 atom stereocenters. The summed E-state index contributed by atoms with van der Waals surface area (Å²) in [4.78, 5) is 10.3. The molecular formula is C6H5O+. The molecule has 0 bridgehead atoms. The van der Waals surface area contributed by atoms with Crippen molar-refractivity contribution in [2.24, 2.45) is 0 Å². The fourth-order valence-electron chi connectivity index (χ4n) is 0.420. The molecule has 0 saturated carbocycles. The van der Waals surface area contributed by atoms with Gasteiger partial charge in [-0.3, -0.25) is 4.79 Å². The van der Waals surface area contributed by atoms with Crippen LogP contribution in [-0.2, 0) is 4.79 Å². The maximum atomic E-state index is 10.3. The van der Waals surface area contributed by atoms with Crippen LogP contribution in [0.15, 0.2) is 24.3 Å². The molecule has 0 fully saturated rings. The van der Waals surface area contributed by atoms with Gasteiger partial charge in [0.25, 0.3) is 5.78 Å². The Morgan fingerprint density at radius 3 is 2.14 bits per heavy atom. The van der Waals surface area contributed by atoms with Gasteiger partial charge in [-0.05, 0) is 0 Å². The lowest BCUT2D eigenvalue weighted by Crippen LogP contribution is -1.87. The van der Waals surface area contributed by atoms with E-state index in [1.807, 2.05) is 6.42 Å². The molecule has 1 aliphatic carbocycles. The number of rotatable bonds is 0. The maximum absolute atomic E-state index is 10.3. The van der Waals surface area contributed by atoms with Crippen LogP contribution in [-0.4, -0.2) is 5.78 Å². The van der Waals surface area contributed by atoms with E-state index in [9.17, 15) is 4.79 Å². The lowest BCUT2D eigenvalue weighted by atomic mass is 10.2. The quantitative estimate of drug-likeness (QED) is 0.406. The monoisotopic (exact) mass is 93.0 g/mol. The first-order chi connectivity index (χ1) is 3.39. The molecule has 1 aliphatic rings. The average Bonchev–Trinajstić information content (AvgIpc) is 1.69. The van der Waals surface area contributed by atoms with Crippen LogP contribution in [0.3, 0.4) is 0 Å². The van der Waals surface area contributed by atoms with Crippen LogP contribution in [0, 0.1) is 6.42 Å². The molecule has 0 aromatic carbocycles. The Balaban J connectivity index is 2.66. The average molecular weight is 93.1 g/mol. The topological polar surface area (TPSA) is 17.1 Å². The Kier molecular flexibility index (Phi) is 0.984. The second-order valence-corrected chi connectivity index (χ2v) is 1.31. The van der Waals surface area contributed by atoms with Crippen molar-refractivity contribution < 1.29 is 4.79 Å². The molecular weight excluding hydrogens is 88.1 g/mol. The molecule has 7 heavy (non-hydrogen) atoms. The van der Waals surface area contributed by atoms with E-state index < -0.39 is 0 Å². The van der Waals surface area contributed by atoms with Gasteiger partial charge in [-0.1, -0.05) is 0 Å². The fraction of sp³-hybridized carbons (Fsp3) is 0. The molecule has 0 aromatic rings. The van der Waals surface area contributed by atoms with E-state index in [0.717, 1.165) is 0 Å². The summed E-state index contributed by atoms with van der Waals surface area (Å²) >= 11 is 0. The Morgan fingerprint density at radius 2 is 1.86 bits per heavy atom. The van der Waals surface area contributed by atoms with Crippen molar-refractivity contribution in [1.82, 2.24) is 0 Å². The van der Waals surface area contributed by atoms with E-state index >= 15 is 0 Å². The summed E-state index contributed by atoms with van der Waals surface area (Å²) < 4.78 is 0. The Labute approximate surface area is 42.3 Å². The van der Waals surface area contributed by atoms with Crippen molar-refractivity contribution in [2.45, 2.75) is 0 Å². The molecule has 0 heterocycles. The van der Waals surface area contributed by atoms with E-state index in [1.165, 1.54) is 12.2 Å². The highest BCUT2D eigenvalue weighted by Gasteiger charge is 1.99. The molecule has 0 amide bonds. The zero-order valence-electron chi connectivity index (χ0n) is 3.79.